The van der Waals surface area contributed by atoms with E-state index in [1.807, 2.05) is 19.1 Å². The molecule has 0 saturated heterocycles. The molecule has 0 N–H and O–H groups in total. The lowest BCUT2D eigenvalue weighted by Gasteiger charge is -1.96. The minimum atomic E-state index is 0.688. The summed E-state index contributed by atoms with van der Waals surface area (Å²) in [6.07, 6.45) is 0.837. The molecular formula is C10H8N2OS2. The highest BCUT2D eigenvalue weighted by Gasteiger charge is 2.02. The Bertz CT molecular complexity index is 465. The Labute approximate surface area is 95.7 Å². The molecule has 5 heteroatoms. The van der Waals surface area contributed by atoms with E-state index in [0.29, 0.717) is 5.56 Å². The minimum absolute atomic E-state index is 0.688. The van der Waals surface area contributed by atoms with Crippen LogP contribution in [0.2, 0.25) is 0 Å². The molecule has 0 aliphatic rings. The molecule has 0 bridgehead atoms. The van der Waals surface area contributed by atoms with E-state index in [0.717, 1.165) is 21.3 Å². The summed E-state index contributed by atoms with van der Waals surface area (Å²) in [5.74, 6) is 0.798. The van der Waals surface area contributed by atoms with Gasteiger partial charge in [-0.3, -0.25) is 4.79 Å². The van der Waals surface area contributed by atoms with Crippen LogP contribution in [0.5, 0.6) is 0 Å². The highest BCUT2D eigenvalue weighted by atomic mass is 32.2. The average Bonchev–Trinajstić information content (AvgIpc) is 2.65. The van der Waals surface area contributed by atoms with Crippen LogP contribution in [0.25, 0.3) is 0 Å². The third kappa shape index (κ3) is 2.64. The van der Waals surface area contributed by atoms with Gasteiger partial charge in [0.25, 0.3) is 0 Å². The SMILES string of the molecule is Cc1nsc(Sc2ccc(C=O)cc2)n1. The number of nitrogens with zero attached hydrogens (tertiary/aromatic N) is 2. The van der Waals surface area contributed by atoms with Crippen molar-refractivity contribution in [1.82, 2.24) is 9.36 Å². The van der Waals surface area contributed by atoms with E-state index in [1.54, 1.807) is 23.9 Å². The second-order valence-electron chi connectivity index (χ2n) is 2.90. The van der Waals surface area contributed by atoms with Crippen molar-refractivity contribution in [2.45, 2.75) is 16.2 Å². The molecule has 0 atom stereocenters. The Morgan fingerprint density at radius 2 is 2.07 bits per heavy atom. The molecule has 0 fully saturated rings. The predicted molar refractivity (Wildman–Crippen MR) is 60.6 cm³/mol. The topological polar surface area (TPSA) is 42.9 Å². The summed E-state index contributed by atoms with van der Waals surface area (Å²) in [5.41, 5.74) is 0.688. The van der Waals surface area contributed by atoms with Crippen LogP contribution in [0.4, 0.5) is 0 Å². The van der Waals surface area contributed by atoms with Crippen molar-refractivity contribution in [3.05, 3.63) is 35.7 Å². The van der Waals surface area contributed by atoms with Gasteiger partial charge >= 0.3 is 0 Å². The summed E-state index contributed by atoms with van der Waals surface area (Å²) in [6, 6.07) is 7.41. The van der Waals surface area contributed by atoms with Crippen LogP contribution in [0.1, 0.15) is 16.2 Å². The van der Waals surface area contributed by atoms with Gasteiger partial charge in [-0.15, -0.1) is 0 Å². The van der Waals surface area contributed by atoms with Crippen molar-refractivity contribution in [3.8, 4) is 0 Å². The molecule has 0 amide bonds. The Morgan fingerprint density at radius 3 is 2.60 bits per heavy atom. The Balaban J connectivity index is 2.14. The molecule has 2 rings (SSSR count). The first-order chi connectivity index (χ1) is 7.28. The predicted octanol–water partition coefficient (Wildman–Crippen LogP) is 2.81. The van der Waals surface area contributed by atoms with Gasteiger partial charge in [0, 0.05) is 10.5 Å². The third-order valence-electron chi connectivity index (χ3n) is 1.73. The number of aryl methyl sites for hydroxylation is 1. The first-order valence-corrected chi connectivity index (χ1v) is 5.90. The lowest BCUT2D eigenvalue weighted by molar-refractivity contribution is 0.112. The average molecular weight is 236 g/mol. The van der Waals surface area contributed by atoms with E-state index < -0.39 is 0 Å². The molecule has 0 aliphatic heterocycles. The van der Waals surface area contributed by atoms with Crippen molar-refractivity contribution >= 4 is 29.6 Å². The van der Waals surface area contributed by atoms with E-state index >= 15 is 0 Å². The zero-order valence-electron chi connectivity index (χ0n) is 8.01. The van der Waals surface area contributed by atoms with Crippen molar-refractivity contribution in [2.75, 3.05) is 0 Å². The zero-order valence-corrected chi connectivity index (χ0v) is 9.64. The minimum Gasteiger partial charge on any atom is -0.298 e. The van der Waals surface area contributed by atoms with E-state index in [9.17, 15) is 4.79 Å². The molecule has 76 valence electrons. The first kappa shape index (κ1) is 10.3. The van der Waals surface area contributed by atoms with Crippen LogP contribution in [0.15, 0.2) is 33.5 Å². The van der Waals surface area contributed by atoms with Crippen LogP contribution in [0, 0.1) is 6.92 Å². The Hall–Kier alpha value is -1.20. The highest BCUT2D eigenvalue weighted by Crippen LogP contribution is 2.28. The number of rotatable bonds is 3. The smallest absolute Gasteiger partial charge is 0.174 e. The molecule has 2 aromatic rings. The van der Waals surface area contributed by atoms with E-state index in [-0.39, 0.29) is 0 Å². The second kappa shape index (κ2) is 4.55. The number of aromatic nitrogens is 2. The number of hydrogen-bond donors (Lipinski definition) is 0. The maximum Gasteiger partial charge on any atom is 0.174 e. The van der Waals surface area contributed by atoms with Gasteiger partial charge < -0.3 is 0 Å². The molecule has 3 nitrogen and oxygen atoms in total. The van der Waals surface area contributed by atoms with Gasteiger partial charge in [-0.2, -0.15) is 4.37 Å². The van der Waals surface area contributed by atoms with Gasteiger partial charge in [0.1, 0.15) is 12.1 Å². The molecular weight excluding hydrogens is 228 g/mol. The zero-order chi connectivity index (χ0) is 10.7. The van der Waals surface area contributed by atoms with Crippen molar-refractivity contribution < 1.29 is 4.79 Å². The van der Waals surface area contributed by atoms with Gasteiger partial charge in [-0.05, 0) is 30.6 Å². The molecule has 0 spiro atoms. The van der Waals surface area contributed by atoms with Gasteiger partial charge in [-0.25, -0.2) is 4.98 Å². The van der Waals surface area contributed by atoms with Crippen LogP contribution in [-0.4, -0.2) is 15.6 Å². The number of hydrogen-bond acceptors (Lipinski definition) is 5. The third-order valence-corrected chi connectivity index (χ3v) is 3.58. The van der Waals surface area contributed by atoms with Gasteiger partial charge in [0.05, 0.1) is 0 Å². The summed E-state index contributed by atoms with van der Waals surface area (Å²) in [6.45, 7) is 1.87. The van der Waals surface area contributed by atoms with Crippen molar-refractivity contribution in [2.24, 2.45) is 0 Å². The summed E-state index contributed by atoms with van der Waals surface area (Å²) in [7, 11) is 0. The monoisotopic (exact) mass is 236 g/mol. The molecule has 1 aromatic heterocycles. The number of aldehydes is 1. The lowest BCUT2D eigenvalue weighted by atomic mass is 10.2. The second-order valence-corrected chi connectivity index (χ2v) is 4.97. The van der Waals surface area contributed by atoms with Crippen LogP contribution in [0.3, 0.4) is 0 Å². The molecule has 0 unspecified atom stereocenters. The summed E-state index contributed by atoms with van der Waals surface area (Å²) in [4.78, 5) is 15.8. The largest absolute Gasteiger partial charge is 0.298 e. The maximum atomic E-state index is 10.5. The molecule has 15 heavy (non-hydrogen) atoms. The fourth-order valence-corrected chi connectivity index (χ4v) is 2.66. The van der Waals surface area contributed by atoms with E-state index in [2.05, 4.69) is 9.36 Å². The van der Waals surface area contributed by atoms with Crippen LogP contribution in [-0.2, 0) is 0 Å². The first-order valence-electron chi connectivity index (χ1n) is 4.31. The van der Waals surface area contributed by atoms with Crippen molar-refractivity contribution in [3.63, 3.8) is 0 Å². The van der Waals surface area contributed by atoms with Gasteiger partial charge in [0.15, 0.2) is 4.34 Å². The van der Waals surface area contributed by atoms with Crippen molar-refractivity contribution in [1.29, 1.82) is 0 Å². The fourth-order valence-electron chi connectivity index (χ4n) is 1.03. The van der Waals surface area contributed by atoms with Crippen LogP contribution >= 0.6 is 23.3 Å². The molecule has 0 radical (unpaired) electrons. The quantitative estimate of drug-likeness (QED) is 0.768. The number of benzene rings is 1. The molecule has 1 heterocycles. The van der Waals surface area contributed by atoms with E-state index in [4.69, 9.17) is 0 Å². The van der Waals surface area contributed by atoms with Gasteiger partial charge in [-0.1, -0.05) is 23.9 Å². The Morgan fingerprint density at radius 1 is 1.33 bits per heavy atom. The molecule has 0 aliphatic carbocycles. The number of carbonyl (C=O) groups excluding carboxylic acids is 1. The van der Waals surface area contributed by atoms with E-state index in [1.165, 1.54) is 11.5 Å². The highest BCUT2D eigenvalue weighted by molar-refractivity contribution is 8.01. The van der Waals surface area contributed by atoms with Gasteiger partial charge in [0.2, 0.25) is 0 Å². The summed E-state index contributed by atoms with van der Waals surface area (Å²) >= 11 is 2.94. The van der Waals surface area contributed by atoms with Crippen LogP contribution < -0.4 is 0 Å². The standard InChI is InChI=1S/C10H8N2OS2/c1-7-11-10(15-12-7)14-9-4-2-8(6-13)3-5-9/h2-6H,1H3. The molecule has 1 aromatic carbocycles. The Kier molecular flexibility index (Phi) is 3.13. The number of carbonyl (C=O) groups is 1. The fraction of sp³-hybridized carbons (Fsp3) is 0.100. The summed E-state index contributed by atoms with van der Waals surface area (Å²) in [5, 5.41) is 0. The maximum absolute atomic E-state index is 10.5. The lowest BCUT2D eigenvalue weighted by Crippen LogP contribution is -1.78. The normalized spacial score (nSPS) is 10.2. The molecule has 0 saturated carbocycles. The summed E-state index contributed by atoms with van der Waals surface area (Å²) < 4.78 is 5.02.